The van der Waals surface area contributed by atoms with Gasteiger partial charge in [0.05, 0.1) is 11.7 Å². The molecule has 0 radical (unpaired) electrons. The van der Waals surface area contributed by atoms with Gasteiger partial charge in [0, 0.05) is 36.1 Å². The largest absolute Gasteiger partial charge is 0.326 e. The van der Waals surface area contributed by atoms with Crippen LogP contribution in [0, 0.1) is 0 Å². The molecule has 2 N–H and O–H groups in total. The Morgan fingerprint density at radius 1 is 1.41 bits per heavy atom. The Morgan fingerprint density at radius 2 is 2.23 bits per heavy atom. The van der Waals surface area contributed by atoms with Crippen LogP contribution in [0.4, 0.5) is 0 Å². The second-order valence-electron chi connectivity index (χ2n) is 7.05. The van der Waals surface area contributed by atoms with E-state index in [0.717, 1.165) is 31.5 Å². The van der Waals surface area contributed by atoms with Crippen molar-refractivity contribution in [3.05, 3.63) is 51.7 Å². The molecule has 118 valence electrons. The lowest BCUT2D eigenvalue weighted by Crippen LogP contribution is -2.27. The summed E-state index contributed by atoms with van der Waals surface area (Å²) in [5.41, 5.74) is 3.50. The average molecular weight is 300 g/mol. The van der Waals surface area contributed by atoms with Crippen molar-refractivity contribution in [3.63, 3.8) is 0 Å². The van der Waals surface area contributed by atoms with E-state index in [-0.39, 0.29) is 11.1 Å². The first-order valence-corrected chi connectivity index (χ1v) is 7.93. The second-order valence-corrected chi connectivity index (χ2v) is 7.05. The number of fused-ring (bicyclic) bond motifs is 1. The highest BCUT2D eigenvalue weighted by Crippen LogP contribution is 2.27. The van der Waals surface area contributed by atoms with Gasteiger partial charge in [-0.15, -0.1) is 0 Å². The number of hydrogen-bond acceptors (Lipinski definition) is 3. The second kappa shape index (κ2) is 5.72. The van der Waals surface area contributed by atoms with Gasteiger partial charge in [0.2, 0.25) is 5.56 Å². The molecule has 0 unspecified atom stereocenters. The monoisotopic (exact) mass is 300 g/mol. The van der Waals surface area contributed by atoms with Crippen LogP contribution in [0.1, 0.15) is 56.5 Å². The van der Waals surface area contributed by atoms with E-state index >= 15 is 0 Å². The molecule has 2 aromatic heterocycles. The molecule has 5 nitrogen and oxygen atoms in total. The maximum absolute atomic E-state index is 11.4. The van der Waals surface area contributed by atoms with Gasteiger partial charge < -0.3 is 10.3 Å². The summed E-state index contributed by atoms with van der Waals surface area (Å²) in [6.45, 7) is 7.22. The van der Waals surface area contributed by atoms with Gasteiger partial charge in [-0.05, 0) is 45.6 Å². The molecule has 2 heterocycles. The first kappa shape index (κ1) is 15.0. The Hall–Kier alpha value is -1.88. The normalized spacial score (nSPS) is 18.2. The summed E-state index contributed by atoms with van der Waals surface area (Å²) in [6, 6.07) is 3.89. The number of pyridine rings is 1. The molecule has 0 fully saturated rings. The molecule has 3 rings (SSSR count). The standard InChI is InChI=1S/C17H24N4O/c1-17(2,3)21-11-12(10-19-21)9-18-14-5-4-6-15-13(14)7-8-16(22)20-15/h7-8,10-11,14,18H,4-6,9H2,1-3H3,(H,20,22)/t14-/m0/s1. The average Bonchev–Trinajstić information content (AvgIpc) is 2.93. The zero-order chi connectivity index (χ0) is 15.7. The molecule has 2 aromatic rings. The molecule has 0 amide bonds. The summed E-state index contributed by atoms with van der Waals surface area (Å²) in [5.74, 6) is 0. The molecule has 0 aliphatic heterocycles. The summed E-state index contributed by atoms with van der Waals surface area (Å²) in [7, 11) is 0. The molecule has 22 heavy (non-hydrogen) atoms. The Balaban J connectivity index is 1.70. The third-order valence-corrected chi connectivity index (χ3v) is 4.21. The van der Waals surface area contributed by atoms with Crippen molar-refractivity contribution >= 4 is 0 Å². The zero-order valence-electron chi connectivity index (χ0n) is 13.5. The van der Waals surface area contributed by atoms with Crippen LogP contribution in [0.25, 0.3) is 0 Å². The smallest absolute Gasteiger partial charge is 0.248 e. The molecule has 1 aliphatic carbocycles. The Morgan fingerprint density at radius 3 is 2.95 bits per heavy atom. The quantitative estimate of drug-likeness (QED) is 0.915. The minimum Gasteiger partial charge on any atom is -0.326 e. The maximum atomic E-state index is 11.4. The van der Waals surface area contributed by atoms with E-state index in [1.807, 2.05) is 16.9 Å². The Bertz CT molecular complexity index is 708. The number of rotatable bonds is 3. The minimum atomic E-state index is -0.00847. The molecule has 5 heteroatoms. The number of nitrogens with zero attached hydrogens (tertiary/aromatic N) is 2. The van der Waals surface area contributed by atoms with Crippen LogP contribution in [0.3, 0.4) is 0 Å². The van der Waals surface area contributed by atoms with Crippen LogP contribution in [-0.4, -0.2) is 14.8 Å². The number of nitrogens with one attached hydrogen (secondary N) is 2. The topological polar surface area (TPSA) is 62.7 Å². The van der Waals surface area contributed by atoms with Crippen molar-refractivity contribution in [2.24, 2.45) is 0 Å². The Kier molecular flexibility index (Phi) is 3.91. The van der Waals surface area contributed by atoms with Crippen LogP contribution >= 0.6 is 0 Å². The fourth-order valence-corrected chi connectivity index (χ4v) is 2.97. The van der Waals surface area contributed by atoms with E-state index in [1.165, 1.54) is 11.1 Å². The van der Waals surface area contributed by atoms with Crippen molar-refractivity contribution < 1.29 is 0 Å². The van der Waals surface area contributed by atoms with E-state index in [9.17, 15) is 4.79 Å². The number of H-pyrrole nitrogens is 1. The fraction of sp³-hybridized carbons (Fsp3) is 0.529. The lowest BCUT2D eigenvalue weighted by Gasteiger charge is -2.25. The van der Waals surface area contributed by atoms with Crippen molar-refractivity contribution in [2.75, 3.05) is 0 Å². The zero-order valence-corrected chi connectivity index (χ0v) is 13.5. The van der Waals surface area contributed by atoms with Gasteiger partial charge in [0.25, 0.3) is 0 Å². The molecular weight excluding hydrogens is 276 g/mol. The van der Waals surface area contributed by atoms with Crippen molar-refractivity contribution in [1.82, 2.24) is 20.1 Å². The van der Waals surface area contributed by atoms with Crippen LogP contribution < -0.4 is 10.9 Å². The fourth-order valence-electron chi connectivity index (χ4n) is 2.97. The summed E-state index contributed by atoms with van der Waals surface area (Å²) in [5, 5.41) is 8.04. The summed E-state index contributed by atoms with van der Waals surface area (Å²) >= 11 is 0. The Labute approximate surface area is 130 Å². The third kappa shape index (κ3) is 3.14. The van der Waals surface area contributed by atoms with Crippen molar-refractivity contribution in [3.8, 4) is 0 Å². The van der Waals surface area contributed by atoms with Gasteiger partial charge in [-0.1, -0.05) is 6.07 Å². The van der Waals surface area contributed by atoms with Crippen LogP contribution in [-0.2, 0) is 18.5 Å². The van der Waals surface area contributed by atoms with E-state index in [4.69, 9.17) is 0 Å². The summed E-state index contributed by atoms with van der Waals surface area (Å²) in [4.78, 5) is 14.4. The minimum absolute atomic E-state index is 0.00847. The van der Waals surface area contributed by atoms with Crippen LogP contribution in [0.15, 0.2) is 29.3 Å². The molecule has 0 saturated carbocycles. The highest BCUT2D eigenvalue weighted by molar-refractivity contribution is 5.26. The summed E-state index contributed by atoms with van der Waals surface area (Å²) < 4.78 is 2.00. The highest BCUT2D eigenvalue weighted by Gasteiger charge is 2.21. The summed E-state index contributed by atoms with van der Waals surface area (Å²) in [6.07, 6.45) is 7.20. The molecule has 0 aromatic carbocycles. The number of hydrogen-bond donors (Lipinski definition) is 2. The van der Waals surface area contributed by atoms with Crippen LogP contribution in [0.5, 0.6) is 0 Å². The molecule has 1 atom stereocenters. The maximum Gasteiger partial charge on any atom is 0.248 e. The van der Waals surface area contributed by atoms with E-state index < -0.39 is 0 Å². The predicted octanol–water partition coefficient (Wildman–Crippen LogP) is 2.49. The molecule has 0 bridgehead atoms. The van der Waals surface area contributed by atoms with Crippen molar-refractivity contribution in [2.45, 2.75) is 58.2 Å². The first-order valence-electron chi connectivity index (χ1n) is 7.93. The van der Waals surface area contributed by atoms with Gasteiger partial charge in [0.1, 0.15) is 0 Å². The molecule has 0 saturated heterocycles. The van der Waals surface area contributed by atoms with Gasteiger partial charge in [0.15, 0.2) is 0 Å². The predicted molar refractivity (Wildman–Crippen MR) is 86.8 cm³/mol. The highest BCUT2D eigenvalue weighted by atomic mass is 16.1. The lowest BCUT2D eigenvalue weighted by atomic mass is 9.91. The number of aromatic nitrogens is 3. The van der Waals surface area contributed by atoms with E-state index in [1.54, 1.807) is 6.07 Å². The van der Waals surface area contributed by atoms with Gasteiger partial charge in [-0.25, -0.2) is 0 Å². The number of aromatic amines is 1. The molecule has 0 spiro atoms. The van der Waals surface area contributed by atoms with Crippen molar-refractivity contribution in [1.29, 1.82) is 0 Å². The number of aryl methyl sites for hydroxylation is 1. The van der Waals surface area contributed by atoms with E-state index in [2.05, 4.69) is 42.4 Å². The van der Waals surface area contributed by atoms with Gasteiger partial charge in [-0.3, -0.25) is 9.48 Å². The first-order chi connectivity index (χ1) is 10.4. The van der Waals surface area contributed by atoms with Crippen LogP contribution in [0.2, 0.25) is 0 Å². The SMILES string of the molecule is CC(C)(C)n1cc(CN[C@H]2CCCc3[nH]c(=O)ccc32)cn1. The van der Waals surface area contributed by atoms with Gasteiger partial charge in [-0.2, -0.15) is 5.10 Å². The molecular formula is C17H24N4O. The van der Waals surface area contributed by atoms with Gasteiger partial charge >= 0.3 is 0 Å². The third-order valence-electron chi connectivity index (χ3n) is 4.21. The lowest BCUT2D eigenvalue weighted by molar-refractivity contribution is 0.355. The molecule has 1 aliphatic rings. The van der Waals surface area contributed by atoms with E-state index in [0.29, 0.717) is 6.04 Å².